The summed E-state index contributed by atoms with van der Waals surface area (Å²) in [6.07, 6.45) is 0.902. The number of carbonyl (C=O) groups excluding carboxylic acids is 2. The molecule has 0 aliphatic rings. The minimum absolute atomic E-state index is 0.0163. The minimum Gasteiger partial charge on any atom is -0.484 e. The molecule has 0 saturated carbocycles. The van der Waals surface area contributed by atoms with E-state index in [1.807, 2.05) is 19.1 Å². The van der Waals surface area contributed by atoms with E-state index < -0.39 is 16.7 Å². The number of ether oxygens (including phenoxy) is 1. The molecule has 2 aromatic rings. The number of hydrogen-bond donors (Lipinski definition) is 2. The summed E-state index contributed by atoms with van der Waals surface area (Å²) in [6, 6.07) is 13.0. The van der Waals surface area contributed by atoms with E-state index in [0.29, 0.717) is 11.3 Å². The van der Waals surface area contributed by atoms with E-state index in [0.717, 1.165) is 6.42 Å². The lowest BCUT2D eigenvalue weighted by Crippen LogP contribution is -2.44. The van der Waals surface area contributed by atoms with E-state index in [1.165, 1.54) is 29.8 Å². The van der Waals surface area contributed by atoms with Crippen LogP contribution in [0.25, 0.3) is 0 Å². The smallest absolute Gasteiger partial charge is 0.276 e. The molecule has 0 unspecified atom stereocenters. The Morgan fingerprint density at radius 2 is 1.54 bits per heavy atom. The van der Waals surface area contributed by atoms with Gasteiger partial charge >= 0.3 is 0 Å². The number of aryl methyl sites for hydroxylation is 1. The molecule has 0 atom stereocenters. The van der Waals surface area contributed by atoms with Crippen LogP contribution < -0.4 is 15.6 Å². The lowest BCUT2D eigenvalue weighted by Gasteiger charge is -2.09. The fourth-order valence-electron chi connectivity index (χ4n) is 2.11. The molecule has 0 bridgehead atoms. The van der Waals surface area contributed by atoms with Gasteiger partial charge in [0.2, 0.25) is 5.91 Å². The lowest BCUT2D eigenvalue weighted by molar-refractivity contribution is -0.384. The van der Waals surface area contributed by atoms with E-state index in [2.05, 4.69) is 10.9 Å². The van der Waals surface area contributed by atoms with Crippen LogP contribution in [-0.2, 0) is 22.4 Å². The van der Waals surface area contributed by atoms with Crippen molar-refractivity contribution in [1.29, 1.82) is 0 Å². The number of nitro groups is 1. The van der Waals surface area contributed by atoms with Crippen molar-refractivity contribution in [2.45, 2.75) is 19.8 Å². The SMILES string of the molecule is CCc1ccc(OCC(=O)NNC(=O)Cc2ccc([N+](=O)[O-])cc2)cc1. The molecule has 8 heteroatoms. The Balaban J connectivity index is 1.72. The van der Waals surface area contributed by atoms with Gasteiger partial charge in [0.15, 0.2) is 6.61 Å². The predicted octanol–water partition coefficient (Wildman–Crippen LogP) is 1.93. The van der Waals surface area contributed by atoms with Crippen LogP contribution in [-0.4, -0.2) is 23.3 Å². The van der Waals surface area contributed by atoms with Crippen molar-refractivity contribution in [1.82, 2.24) is 10.9 Å². The van der Waals surface area contributed by atoms with Gasteiger partial charge in [-0.3, -0.25) is 30.6 Å². The van der Waals surface area contributed by atoms with Gasteiger partial charge in [-0.25, -0.2) is 0 Å². The second-order valence-corrected chi connectivity index (χ2v) is 5.48. The van der Waals surface area contributed by atoms with Crippen LogP contribution in [0.3, 0.4) is 0 Å². The summed E-state index contributed by atoms with van der Waals surface area (Å²) < 4.78 is 5.33. The highest BCUT2D eigenvalue weighted by molar-refractivity contribution is 5.83. The van der Waals surface area contributed by atoms with Gasteiger partial charge in [-0.1, -0.05) is 31.2 Å². The number of benzene rings is 2. The second-order valence-electron chi connectivity index (χ2n) is 5.48. The van der Waals surface area contributed by atoms with Gasteiger partial charge in [-0.05, 0) is 29.7 Å². The van der Waals surface area contributed by atoms with Gasteiger partial charge in [0, 0.05) is 12.1 Å². The van der Waals surface area contributed by atoms with Gasteiger partial charge < -0.3 is 4.74 Å². The molecule has 0 fully saturated rings. The molecule has 2 aromatic carbocycles. The quantitative estimate of drug-likeness (QED) is 0.581. The lowest BCUT2D eigenvalue weighted by atomic mass is 10.1. The third kappa shape index (κ3) is 5.90. The van der Waals surface area contributed by atoms with E-state index in [4.69, 9.17) is 4.74 Å². The standard InChI is InChI=1S/C18H19N3O5/c1-2-13-5-9-16(10-6-13)26-12-18(23)20-19-17(22)11-14-3-7-15(8-4-14)21(24)25/h3-10H,2,11-12H2,1H3,(H,19,22)(H,20,23). The molecule has 0 aliphatic carbocycles. The highest BCUT2D eigenvalue weighted by Crippen LogP contribution is 2.13. The van der Waals surface area contributed by atoms with E-state index in [1.54, 1.807) is 12.1 Å². The summed E-state index contributed by atoms with van der Waals surface area (Å²) in [4.78, 5) is 33.5. The molecular formula is C18H19N3O5. The number of nitrogens with one attached hydrogen (secondary N) is 2. The first-order valence-electron chi connectivity index (χ1n) is 8.00. The molecular weight excluding hydrogens is 338 g/mol. The molecule has 2 amide bonds. The first-order chi connectivity index (χ1) is 12.5. The monoisotopic (exact) mass is 357 g/mol. The van der Waals surface area contributed by atoms with Gasteiger partial charge in [0.25, 0.3) is 11.6 Å². The summed E-state index contributed by atoms with van der Waals surface area (Å²) in [5.74, 6) is -0.379. The van der Waals surface area contributed by atoms with Gasteiger partial charge in [-0.15, -0.1) is 0 Å². The van der Waals surface area contributed by atoms with Crippen molar-refractivity contribution in [3.8, 4) is 5.75 Å². The molecule has 0 spiro atoms. The Morgan fingerprint density at radius 3 is 2.12 bits per heavy atom. The Morgan fingerprint density at radius 1 is 0.962 bits per heavy atom. The second kappa shape index (κ2) is 9.16. The maximum atomic E-state index is 11.8. The normalized spacial score (nSPS) is 10.0. The van der Waals surface area contributed by atoms with Gasteiger partial charge in [0.05, 0.1) is 11.3 Å². The Bertz CT molecular complexity index is 772. The molecule has 26 heavy (non-hydrogen) atoms. The van der Waals surface area contributed by atoms with Crippen LogP contribution >= 0.6 is 0 Å². The van der Waals surface area contributed by atoms with Crippen molar-refractivity contribution in [3.63, 3.8) is 0 Å². The zero-order valence-corrected chi connectivity index (χ0v) is 14.2. The highest BCUT2D eigenvalue weighted by atomic mass is 16.6. The number of carbonyl (C=O) groups is 2. The van der Waals surface area contributed by atoms with Crippen LogP contribution in [0.1, 0.15) is 18.1 Å². The predicted molar refractivity (Wildman–Crippen MR) is 94.4 cm³/mol. The third-order valence-electron chi connectivity index (χ3n) is 3.55. The average molecular weight is 357 g/mol. The molecule has 2 rings (SSSR count). The minimum atomic E-state index is -0.514. The zero-order chi connectivity index (χ0) is 18.9. The van der Waals surface area contributed by atoms with Crippen molar-refractivity contribution in [2.75, 3.05) is 6.61 Å². The summed E-state index contributed by atoms with van der Waals surface area (Å²) >= 11 is 0. The number of amides is 2. The zero-order valence-electron chi connectivity index (χ0n) is 14.2. The number of hydrogen-bond acceptors (Lipinski definition) is 5. The topological polar surface area (TPSA) is 111 Å². The van der Waals surface area contributed by atoms with E-state index in [-0.39, 0.29) is 18.7 Å². The molecule has 0 saturated heterocycles. The van der Waals surface area contributed by atoms with Gasteiger partial charge in [-0.2, -0.15) is 0 Å². The Hall–Kier alpha value is -3.42. The first-order valence-corrected chi connectivity index (χ1v) is 8.00. The molecule has 0 aliphatic heterocycles. The van der Waals surface area contributed by atoms with Crippen LogP contribution in [0, 0.1) is 10.1 Å². The first kappa shape index (κ1) is 18.9. The Kier molecular flexibility index (Phi) is 6.67. The molecule has 8 nitrogen and oxygen atoms in total. The van der Waals surface area contributed by atoms with E-state index >= 15 is 0 Å². The molecule has 136 valence electrons. The highest BCUT2D eigenvalue weighted by Gasteiger charge is 2.09. The van der Waals surface area contributed by atoms with Crippen LogP contribution in [0.4, 0.5) is 5.69 Å². The molecule has 0 radical (unpaired) electrons. The summed E-state index contributed by atoms with van der Waals surface area (Å²) in [6.45, 7) is 1.81. The number of rotatable bonds is 7. The van der Waals surface area contributed by atoms with E-state index in [9.17, 15) is 19.7 Å². The van der Waals surface area contributed by atoms with Crippen molar-refractivity contribution >= 4 is 17.5 Å². The summed E-state index contributed by atoms with van der Waals surface area (Å²) in [7, 11) is 0. The number of nitrogens with zero attached hydrogens (tertiary/aromatic N) is 1. The van der Waals surface area contributed by atoms with Gasteiger partial charge in [0.1, 0.15) is 5.75 Å². The fourth-order valence-corrected chi connectivity index (χ4v) is 2.11. The van der Waals surface area contributed by atoms with Crippen molar-refractivity contribution in [2.24, 2.45) is 0 Å². The summed E-state index contributed by atoms with van der Waals surface area (Å²) in [5, 5.41) is 10.6. The summed E-state index contributed by atoms with van der Waals surface area (Å²) in [5.41, 5.74) is 6.23. The maximum absolute atomic E-state index is 11.8. The number of nitro benzene ring substituents is 1. The van der Waals surface area contributed by atoms with Crippen LogP contribution in [0.5, 0.6) is 5.75 Å². The number of non-ortho nitro benzene ring substituents is 1. The van der Waals surface area contributed by atoms with Crippen molar-refractivity contribution in [3.05, 3.63) is 69.8 Å². The maximum Gasteiger partial charge on any atom is 0.276 e. The molecule has 0 heterocycles. The molecule has 0 aromatic heterocycles. The fraction of sp³-hybridized carbons (Fsp3) is 0.222. The number of hydrazine groups is 1. The van der Waals surface area contributed by atoms with Crippen molar-refractivity contribution < 1.29 is 19.2 Å². The van der Waals surface area contributed by atoms with Crippen LogP contribution in [0.2, 0.25) is 0 Å². The third-order valence-corrected chi connectivity index (χ3v) is 3.55. The average Bonchev–Trinajstić information content (AvgIpc) is 2.65. The van der Waals surface area contributed by atoms with Crippen LogP contribution in [0.15, 0.2) is 48.5 Å². The largest absolute Gasteiger partial charge is 0.484 e. The Labute approximate surface area is 150 Å². The molecule has 2 N–H and O–H groups in total.